The maximum Gasteiger partial charge on any atom is 0.239 e. The smallest absolute Gasteiger partial charge is 0.239 e. The Bertz CT molecular complexity index is 807. The molecule has 0 atom stereocenters. The fourth-order valence-electron chi connectivity index (χ4n) is 1.99. The van der Waals surface area contributed by atoms with Crippen LogP contribution in [-0.4, -0.2) is 18.9 Å². The highest BCUT2D eigenvalue weighted by atomic mass is 19.2. The number of benzene rings is 2. The number of carbonyl (C=O) groups excluding carboxylic acids is 2. The van der Waals surface area contributed by atoms with Gasteiger partial charge in [-0.3, -0.25) is 9.59 Å². The number of carbonyl (C=O) groups is 2. The third-order valence-corrected chi connectivity index (χ3v) is 3.67. The Morgan fingerprint density at radius 3 is 2.24 bits per heavy atom. The van der Waals surface area contributed by atoms with Crippen LogP contribution < -0.4 is 15.4 Å². The van der Waals surface area contributed by atoms with E-state index in [0.29, 0.717) is 11.4 Å². The molecule has 5 nitrogen and oxygen atoms in total. The van der Waals surface area contributed by atoms with Crippen molar-refractivity contribution in [1.29, 1.82) is 0 Å². The molecule has 0 radical (unpaired) electrons. The van der Waals surface area contributed by atoms with Crippen molar-refractivity contribution in [3.8, 4) is 5.75 Å². The van der Waals surface area contributed by atoms with E-state index in [9.17, 15) is 18.4 Å². The monoisotopic (exact) mass is 348 g/mol. The van der Waals surface area contributed by atoms with Crippen molar-refractivity contribution in [2.75, 3.05) is 17.7 Å². The Hall–Kier alpha value is -2.96. The SMILES string of the molecule is COc1ccccc1NC(=O)C(C)(C)C(=O)Nc1ccc(F)c(F)c1. The number of anilines is 2. The van der Waals surface area contributed by atoms with Gasteiger partial charge in [0.15, 0.2) is 11.6 Å². The van der Waals surface area contributed by atoms with Gasteiger partial charge in [0.25, 0.3) is 0 Å². The number of methoxy groups -OCH3 is 1. The third-order valence-electron chi connectivity index (χ3n) is 3.67. The van der Waals surface area contributed by atoms with Crippen molar-refractivity contribution in [2.24, 2.45) is 5.41 Å². The fourth-order valence-corrected chi connectivity index (χ4v) is 1.99. The number of halogens is 2. The minimum Gasteiger partial charge on any atom is -0.495 e. The highest BCUT2D eigenvalue weighted by molar-refractivity contribution is 6.14. The molecule has 0 saturated heterocycles. The standard InChI is InChI=1S/C18H18F2N2O3/c1-18(2,16(23)21-11-8-9-12(19)13(20)10-11)17(24)22-14-6-4-5-7-15(14)25-3/h4-10H,1-3H3,(H,21,23)(H,22,24). The average Bonchev–Trinajstić information content (AvgIpc) is 2.58. The molecule has 2 aromatic carbocycles. The molecule has 0 aliphatic carbocycles. The van der Waals surface area contributed by atoms with Gasteiger partial charge in [0.1, 0.15) is 11.2 Å². The van der Waals surface area contributed by atoms with E-state index in [1.54, 1.807) is 24.3 Å². The van der Waals surface area contributed by atoms with Gasteiger partial charge in [0.2, 0.25) is 11.8 Å². The number of para-hydroxylation sites is 2. The van der Waals surface area contributed by atoms with Crippen LogP contribution in [0.5, 0.6) is 5.75 Å². The molecule has 7 heteroatoms. The lowest BCUT2D eigenvalue weighted by Gasteiger charge is -2.23. The van der Waals surface area contributed by atoms with E-state index >= 15 is 0 Å². The average molecular weight is 348 g/mol. The van der Waals surface area contributed by atoms with Gasteiger partial charge >= 0.3 is 0 Å². The first-order valence-corrected chi connectivity index (χ1v) is 7.46. The second-order valence-corrected chi connectivity index (χ2v) is 5.86. The molecule has 2 amide bonds. The van der Waals surface area contributed by atoms with Crippen LogP contribution >= 0.6 is 0 Å². The van der Waals surface area contributed by atoms with Crippen LogP contribution in [0.25, 0.3) is 0 Å². The van der Waals surface area contributed by atoms with Crippen molar-refractivity contribution in [2.45, 2.75) is 13.8 Å². The van der Waals surface area contributed by atoms with Crippen molar-refractivity contribution < 1.29 is 23.1 Å². The minimum absolute atomic E-state index is 0.0575. The molecule has 0 heterocycles. The number of hydrogen-bond donors (Lipinski definition) is 2. The zero-order valence-electron chi connectivity index (χ0n) is 14.0. The van der Waals surface area contributed by atoms with E-state index in [-0.39, 0.29) is 5.69 Å². The molecule has 0 aliphatic heterocycles. The van der Waals surface area contributed by atoms with Gasteiger partial charge in [-0.1, -0.05) is 12.1 Å². The van der Waals surface area contributed by atoms with Gasteiger partial charge in [-0.15, -0.1) is 0 Å². The second-order valence-electron chi connectivity index (χ2n) is 5.86. The van der Waals surface area contributed by atoms with Crippen LogP contribution in [0.3, 0.4) is 0 Å². The highest BCUT2D eigenvalue weighted by Crippen LogP contribution is 2.27. The van der Waals surface area contributed by atoms with Gasteiger partial charge in [0, 0.05) is 11.8 Å². The van der Waals surface area contributed by atoms with Crippen LogP contribution in [-0.2, 0) is 9.59 Å². The molecular weight excluding hydrogens is 330 g/mol. The molecule has 0 saturated carbocycles. The lowest BCUT2D eigenvalue weighted by atomic mass is 9.90. The van der Waals surface area contributed by atoms with Crippen molar-refractivity contribution in [1.82, 2.24) is 0 Å². The molecular formula is C18H18F2N2O3. The second kappa shape index (κ2) is 7.29. The molecule has 2 rings (SSSR count). The summed E-state index contributed by atoms with van der Waals surface area (Å²) in [4.78, 5) is 24.9. The molecule has 0 unspecified atom stereocenters. The fraction of sp³-hybridized carbons (Fsp3) is 0.222. The first kappa shape index (κ1) is 18.4. The first-order chi connectivity index (χ1) is 11.8. The molecule has 132 valence electrons. The molecule has 0 bridgehead atoms. The summed E-state index contributed by atoms with van der Waals surface area (Å²) in [5.41, 5.74) is -0.989. The Morgan fingerprint density at radius 2 is 1.60 bits per heavy atom. The summed E-state index contributed by atoms with van der Waals surface area (Å²) in [7, 11) is 1.46. The Kier molecular flexibility index (Phi) is 5.36. The lowest BCUT2D eigenvalue weighted by molar-refractivity contribution is -0.135. The minimum atomic E-state index is -1.47. The van der Waals surface area contributed by atoms with E-state index in [1.807, 2.05) is 0 Å². The van der Waals surface area contributed by atoms with Crippen molar-refractivity contribution in [3.63, 3.8) is 0 Å². The number of amides is 2. The normalized spacial score (nSPS) is 10.9. The summed E-state index contributed by atoms with van der Waals surface area (Å²) in [6, 6.07) is 9.73. The van der Waals surface area contributed by atoms with Crippen molar-refractivity contribution in [3.05, 3.63) is 54.1 Å². The molecule has 25 heavy (non-hydrogen) atoms. The van der Waals surface area contributed by atoms with Crippen LogP contribution in [0.2, 0.25) is 0 Å². The Labute approximate surface area is 144 Å². The Balaban J connectivity index is 2.14. The van der Waals surface area contributed by atoms with Crippen LogP contribution in [0.4, 0.5) is 20.2 Å². The topological polar surface area (TPSA) is 67.4 Å². The quantitative estimate of drug-likeness (QED) is 0.812. The van der Waals surface area contributed by atoms with E-state index < -0.39 is 28.9 Å². The molecule has 0 aliphatic rings. The van der Waals surface area contributed by atoms with Crippen LogP contribution in [0, 0.1) is 17.0 Å². The lowest BCUT2D eigenvalue weighted by Crippen LogP contribution is -2.41. The van der Waals surface area contributed by atoms with E-state index in [2.05, 4.69) is 10.6 Å². The molecule has 2 N–H and O–H groups in total. The largest absolute Gasteiger partial charge is 0.495 e. The molecule has 0 spiro atoms. The summed E-state index contributed by atoms with van der Waals surface area (Å²) >= 11 is 0. The third kappa shape index (κ3) is 4.12. The van der Waals surface area contributed by atoms with Crippen LogP contribution in [0.1, 0.15) is 13.8 Å². The van der Waals surface area contributed by atoms with Gasteiger partial charge in [0.05, 0.1) is 12.8 Å². The summed E-state index contributed by atoms with van der Waals surface area (Å²) < 4.78 is 31.3. The number of hydrogen-bond acceptors (Lipinski definition) is 3. The van der Waals surface area contributed by atoms with Crippen molar-refractivity contribution >= 4 is 23.2 Å². The number of nitrogens with one attached hydrogen (secondary N) is 2. The van der Waals surface area contributed by atoms with E-state index in [1.165, 1.54) is 27.0 Å². The van der Waals surface area contributed by atoms with Gasteiger partial charge in [-0.05, 0) is 38.1 Å². The molecule has 2 aromatic rings. The zero-order chi connectivity index (χ0) is 18.6. The predicted molar refractivity (Wildman–Crippen MR) is 90.4 cm³/mol. The predicted octanol–water partition coefficient (Wildman–Crippen LogP) is 3.58. The van der Waals surface area contributed by atoms with Gasteiger partial charge < -0.3 is 15.4 Å². The summed E-state index contributed by atoms with van der Waals surface area (Å²) in [5, 5.41) is 5.04. The maximum atomic E-state index is 13.2. The first-order valence-electron chi connectivity index (χ1n) is 7.46. The molecule has 0 aromatic heterocycles. The number of ether oxygens (including phenoxy) is 1. The maximum absolute atomic E-state index is 13.2. The number of rotatable bonds is 5. The highest BCUT2D eigenvalue weighted by Gasteiger charge is 2.36. The van der Waals surface area contributed by atoms with E-state index in [4.69, 9.17) is 4.74 Å². The Morgan fingerprint density at radius 1 is 0.960 bits per heavy atom. The summed E-state index contributed by atoms with van der Waals surface area (Å²) in [6.07, 6.45) is 0. The summed E-state index contributed by atoms with van der Waals surface area (Å²) in [5.74, 6) is -2.89. The molecule has 0 fully saturated rings. The zero-order valence-corrected chi connectivity index (χ0v) is 14.0. The van der Waals surface area contributed by atoms with E-state index in [0.717, 1.165) is 12.1 Å². The van der Waals surface area contributed by atoms with Gasteiger partial charge in [-0.2, -0.15) is 0 Å². The van der Waals surface area contributed by atoms with Crippen LogP contribution in [0.15, 0.2) is 42.5 Å². The van der Waals surface area contributed by atoms with Gasteiger partial charge in [-0.25, -0.2) is 8.78 Å². The summed E-state index contributed by atoms with van der Waals surface area (Å²) in [6.45, 7) is 2.85.